The van der Waals surface area contributed by atoms with Gasteiger partial charge in [0.2, 0.25) is 6.17 Å². The maximum Gasteiger partial charge on any atom is 0.321 e. The van der Waals surface area contributed by atoms with Crippen molar-refractivity contribution >= 4 is 40.6 Å². The summed E-state index contributed by atoms with van der Waals surface area (Å²) in [7, 11) is 1.67. The molecule has 2 N–H and O–H groups in total. The number of hydrogen-bond donors (Lipinski definition) is 2. The Morgan fingerprint density at radius 2 is 1.77 bits per heavy atom. The SMILES string of the molecule is CN1C(=O)[C@H](NC(=O)Nc2ccc(Cl)nc2)N=C(c2ccccc2)c2ccccc21. The van der Waals surface area contributed by atoms with Gasteiger partial charge < -0.3 is 15.5 Å². The lowest BCUT2D eigenvalue weighted by atomic mass is 10.0. The summed E-state index contributed by atoms with van der Waals surface area (Å²) in [5.74, 6) is -0.349. The van der Waals surface area contributed by atoms with Gasteiger partial charge in [-0.05, 0) is 18.2 Å². The van der Waals surface area contributed by atoms with Crippen molar-refractivity contribution in [2.75, 3.05) is 17.3 Å². The minimum atomic E-state index is -1.10. The van der Waals surface area contributed by atoms with Gasteiger partial charge in [-0.15, -0.1) is 0 Å². The molecule has 2 aromatic carbocycles. The van der Waals surface area contributed by atoms with Crippen molar-refractivity contribution in [3.63, 3.8) is 0 Å². The molecule has 0 saturated heterocycles. The molecule has 0 unspecified atom stereocenters. The number of aliphatic imine (C=N–C) groups is 1. The third-order valence-electron chi connectivity index (χ3n) is 4.64. The zero-order valence-electron chi connectivity index (χ0n) is 16.0. The molecule has 3 aromatic rings. The number of rotatable bonds is 3. The van der Waals surface area contributed by atoms with Gasteiger partial charge in [0.05, 0.1) is 23.3 Å². The van der Waals surface area contributed by atoms with Crippen LogP contribution < -0.4 is 15.5 Å². The van der Waals surface area contributed by atoms with E-state index in [1.807, 2.05) is 54.6 Å². The predicted octanol–water partition coefficient (Wildman–Crippen LogP) is 3.70. The lowest BCUT2D eigenvalue weighted by molar-refractivity contribution is -0.119. The van der Waals surface area contributed by atoms with Gasteiger partial charge in [0.15, 0.2) is 0 Å². The van der Waals surface area contributed by atoms with E-state index in [0.29, 0.717) is 16.6 Å². The number of aromatic nitrogens is 1. The highest BCUT2D eigenvalue weighted by molar-refractivity contribution is 6.29. The van der Waals surface area contributed by atoms with Crippen molar-refractivity contribution in [1.29, 1.82) is 0 Å². The average Bonchev–Trinajstić information content (AvgIpc) is 2.87. The number of benzodiazepines with no additional fused rings is 1. The van der Waals surface area contributed by atoms with E-state index in [1.165, 1.54) is 11.1 Å². The second-order valence-corrected chi connectivity index (χ2v) is 7.02. The summed E-state index contributed by atoms with van der Waals surface area (Å²) >= 11 is 5.77. The molecule has 1 atom stereocenters. The van der Waals surface area contributed by atoms with Crippen LogP contribution in [0.1, 0.15) is 11.1 Å². The molecule has 7 nitrogen and oxygen atoms in total. The van der Waals surface area contributed by atoms with Crippen LogP contribution in [0.5, 0.6) is 0 Å². The fraction of sp³-hybridized carbons (Fsp3) is 0.0909. The van der Waals surface area contributed by atoms with E-state index < -0.39 is 12.2 Å². The summed E-state index contributed by atoms with van der Waals surface area (Å²) in [6.45, 7) is 0. The van der Waals surface area contributed by atoms with Crippen LogP contribution in [-0.2, 0) is 4.79 Å². The van der Waals surface area contributed by atoms with Crippen LogP contribution in [0.25, 0.3) is 0 Å². The molecule has 2 heterocycles. The molecular weight excluding hydrogens is 402 g/mol. The maximum atomic E-state index is 13.1. The standard InChI is InChI=1S/C22H18ClN5O2/c1-28-17-10-6-5-9-16(17)19(14-7-3-2-4-8-14)26-20(21(28)29)27-22(30)25-15-11-12-18(23)24-13-15/h2-13,20H,1H3,(H2,25,27,30)/t20-/m0/s1. The summed E-state index contributed by atoms with van der Waals surface area (Å²) in [6, 6.07) is 19.7. The lowest BCUT2D eigenvalue weighted by Crippen LogP contribution is -2.47. The van der Waals surface area contributed by atoms with E-state index in [1.54, 1.807) is 19.2 Å². The summed E-state index contributed by atoms with van der Waals surface area (Å²) in [5.41, 5.74) is 3.45. The first-order valence-corrected chi connectivity index (χ1v) is 9.60. The number of nitrogens with zero attached hydrogens (tertiary/aromatic N) is 3. The molecule has 30 heavy (non-hydrogen) atoms. The predicted molar refractivity (Wildman–Crippen MR) is 117 cm³/mol. The number of likely N-dealkylation sites (N-methyl/N-ethyl adjacent to an activating group) is 1. The highest BCUT2D eigenvalue weighted by Gasteiger charge is 2.30. The summed E-state index contributed by atoms with van der Waals surface area (Å²) in [6.07, 6.45) is 0.329. The van der Waals surface area contributed by atoms with Crippen molar-refractivity contribution in [2.45, 2.75) is 6.17 Å². The van der Waals surface area contributed by atoms with Crippen LogP contribution in [-0.4, -0.2) is 35.8 Å². The van der Waals surface area contributed by atoms with Crippen molar-refractivity contribution in [3.8, 4) is 0 Å². The molecule has 3 amide bonds. The van der Waals surface area contributed by atoms with Gasteiger partial charge in [-0.2, -0.15) is 0 Å². The molecule has 150 valence electrons. The number of pyridine rings is 1. The molecule has 1 aromatic heterocycles. The number of urea groups is 1. The van der Waals surface area contributed by atoms with Crippen LogP contribution in [0.3, 0.4) is 0 Å². The Morgan fingerprint density at radius 1 is 1.03 bits per heavy atom. The van der Waals surface area contributed by atoms with Crippen molar-refractivity contribution in [2.24, 2.45) is 4.99 Å². The number of carbonyl (C=O) groups excluding carboxylic acids is 2. The number of amides is 3. The smallest absolute Gasteiger partial charge is 0.311 e. The van der Waals surface area contributed by atoms with E-state index >= 15 is 0 Å². The van der Waals surface area contributed by atoms with Crippen LogP contribution in [0.4, 0.5) is 16.2 Å². The minimum absolute atomic E-state index is 0.316. The van der Waals surface area contributed by atoms with Crippen LogP contribution in [0, 0.1) is 0 Å². The lowest BCUT2D eigenvalue weighted by Gasteiger charge is -2.21. The molecule has 0 spiro atoms. The van der Waals surface area contributed by atoms with Gasteiger partial charge in [-0.3, -0.25) is 4.79 Å². The van der Waals surface area contributed by atoms with Gasteiger partial charge in [-0.25, -0.2) is 14.8 Å². The second kappa shape index (κ2) is 8.34. The first-order chi connectivity index (χ1) is 14.5. The van der Waals surface area contributed by atoms with Gasteiger partial charge in [0.1, 0.15) is 5.15 Å². The summed E-state index contributed by atoms with van der Waals surface area (Å²) in [5, 5.41) is 5.60. The third-order valence-corrected chi connectivity index (χ3v) is 4.87. The maximum absolute atomic E-state index is 13.1. The average molecular weight is 420 g/mol. The molecule has 0 fully saturated rings. The zero-order valence-corrected chi connectivity index (χ0v) is 16.8. The van der Waals surface area contributed by atoms with E-state index in [9.17, 15) is 9.59 Å². The molecule has 0 aliphatic carbocycles. The fourth-order valence-corrected chi connectivity index (χ4v) is 3.30. The number of carbonyl (C=O) groups is 2. The van der Waals surface area contributed by atoms with Crippen LogP contribution >= 0.6 is 11.6 Å². The largest absolute Gasteiger partial charge is 0.321 e. The second-order valence-electron chi connectivity index (χ2n) is 6.63. The first-order valence-electron chi connectivity index (χ1n) is 9.22. The molecule has 0 radical (unpaired) electrons. The Labute approximate surface area is 178 Å². The van der Waals surface area contributed by atoms with Gasteiger partial charge in [0.25, 0.3) is 5.91 Å². The fourth-order valence-electron chi connectivity index (χ4n) is 3.18. The highest BCUT2D eigenvalue weighted by atomic mass is 35.5. The Bertz CT molecular complexity index is 1120. The van der Waals surface area contributed by atoms with Crippen molar-refractivity contribution in [1.82, 2.24) is 10.3 Å². The molecule has 4 rings (SSSR count). The normalized spacial score (nSPS) is 15.7. The number of anilines is 2. The number of halogens is 1. The number of para-hydroxylation sites is 1. The number of fused-ring (bicyclic) bond motifs is 1. The van der Waals surface area contributed by atoms with Crippen LogP contribution in [0.2, 0.25) is 5.15 Å². The van der Waals surface area contributed by atoms with Crippen molar-refractivity contribution < 1.29 is 9.59 Å². The van der Waals surface area contributed by atoms with E-state index in [4.69, 9.17) is 11.6 Å². The first kappa shape index (κ1) is 19.6. The molecular formula is C22H18ClN5O2. The molecule has 1 aliphatic rings. The Morgan fingerprint density at radius 3 is 2.50 bits per heavy atom. The zero-order chi connectivity index (χ0) is 21.1. The minimum Gasteiger partial charge on any atom is -0.311 e. The van der Waals surface area contributed by atoms with E-state index in [2.05, 4.69) is 20.6 Å². The number of benzene rings is 2. The Hall–Kier alpha value is -3.71. The molecule has 1 aliphatic heterocycles. The topological polar surface area (TPSA) is 86.7 Å². The van der Waals surface area contributed by atoms with E-state index in [-0.39, 0.29) is 5.91 Å². The number of hydrogen-bond acceptors (Lipinski definition) is 4. The van der Waals surface area contributed by atoms with Gasteiger partial charge in [0, 0.05) is 18.2 Å². The van der Waals surface area contributed by atoms with Gasteiger partial charge >= 0.3 is 6.03 Å². The number of nitrogens with one attached hydrogen (secondary N) is 2. The third kappa shape index (κ3) is 4.01. The Balaban J connectivity index is 1.68. The summed E-state index contributed by atoms with van der Waals surface area (Å²) in [4.78, 5) is 35.6. The van der Waals surface area contributed by atoms with Gasteiger partial charge in [-0.1, -0.05) is 60.1 Å². The monoisotopic (exact) mass is 419 g/mol. The Kier molecular flexibility index (Phi) is 5.45. The van der Waals surface area contributed by atoms with Crippen LogP contribution in [0.15, 0.2) is 77.9 Å². The van der Waals surface area contributed by atoms with Crippen molar-refractivity contribution in [3.05, 3.63) is 89.2 Å². The molecule has 0 saturated carbocycles. The molecule has 0 bridgehead atoms. The van der Waals surface area contributed by atoms with E-state index in [0.717, 1.165) is 16.8 Å². The summed E-state index contributed by atoms with van der Waals surface area (Å²) < 4.78 is 0. The quantitative estimate of drug-likeness (QED) is 0.634. The highest BCUT2D eigenvalue weighted by Crippen LogP contribution is 2.27. The molecule has 8 heteroatoms.